The monoisotopic (exact) mass is 254 g/mol. The van der Waals surface area contributed by atoms with Gasteiger partial charge in [-0.05, 0) is 25.2 Å². The Hall–Kier alpha value is -0.860. The van der Waals surface area contributed by atoms with Crippen molar-refractivity contribution in [3.8, 4) is 0 Å². The van der Waals surface area contributed by atoms with Gasteiger partial charge in [-0.2, -0.15) is 0 Å². The molecule has 0 radical (unpaired) electrons. The van der Waals surface area contributed by atoms with Crippen molar-refractivity contribution in [2.24, 2.45) is 11.8 Å². The van der Waals surface area contributed by atoms with E-state index in [0.717, 1.165) is 25.7 Å². The number of hydrogen-bond donors (Lipinski definition) is 0. The van der Waals surface area contributed by atoms with Gasteiger partial charge in [-0.15, -0.1) is 0 Å². The molecule has 0 N–H and O–H groups in total. The second kappa shape index (κ2) is 8.28. The SMILES string of the molecule is CCCCC[C@@H]1C(=O)CC[C@@H]1CC(=O)OCCC. The zero-order chi connectivity index (χ0) is 13.4. The van der Waals surface area contributed by atoms with Crippen LogP contribution in [0.4, 0.5) is 0 Å². The lowest BCUT2D eigenvalue weighted by Crippen LogP contribution is -2.19. The molecule has 0 amide bonds. The summed E-state index contributed by atoms with van der Waals surface area (Å²) in [6.45, 7) is 4.65. The smallest absolute Gasteiger partial charge is 0.306 e. The average molecular weight is 254 g/mol. The molecular weight excluding hydrogens is 228 g/mol. The second-order valence-corrected chi connectivity index (χ2v) is 5.29. The van der Waals surface area contributed by atoms with Crippen molar-refractivity contribution in [3.05, 3.63) is 0 Å². The third-order valence-corrected chi connectivity index (χ3v) is 3.76. The number of esters is 1. The lowest BCUT2D eigenvalue weighted by molar-refractivity contribution is -0.145. The van der Waals surface area contributed by atoms with Crippen molar-refractivity contribution in [3.63, 3.8) is 0 Å². The molecule has 0 aliphatic heterocycles. The van der Waals surface area contributed by atoms with Crippen LogP contribution in [0.15, 0.2) is 0 Å². The number of unbranched alkanes of at least 4 members (excludes halogenated alkanes) is 2. The number of ether oxygens (including phenoxy) is 1. The predicted octanol–water partition coefficient (Wildman–Crippen LogP) is 3.51. The summed E-state index contributed by atoms with van der Waals surface area (Å²) in [7, 11) is 0. The summed E-state index contributed by atoms with van der Waals surface area (Å²) in [5.74, 6) is 0.584. The molecule has 0 saturated heterocycles. The minimum absolute atomic E-state index is 0.116. The molecule has 3 nitrogen and oxygen atoms in total. The summed E-state index contributed by atoms with van der Waals surface area (Å²) >= 11 is 0. The first-order valence-corrected chi connectivity index (χ1v) is 7.37. The Kier molecular flexibility index (Phi) is 6.99. The number of ketones is 1. The average Bonchev–Trinajstić information content (AvgIpc) is 2.69. The van der Waals surface area contributed by atoms with Gasteiger partial charge in [0.25, 0.3) is 0 Å². The summed E-state index contributed by atoms with van der Waals surface area (Å²) in [6, 6.07) is 0. The van der Waals surface area contributed by atoms with E-state index < -0.39 is 0 Å². The summed E-state index contributed by atoms with van der Waals surface area (Å²) < 4.78 is 5.11. The number of carbonyl (C=O) groups is 2. The number of Topliss-reactive ketones (excluding diaryl/α,β-unsaturated/α-hetero) is 1. The standard InChI is InChI=1S/C15H26O3/c1-3-5-6-7-13-12(8-9-14(13)16)11-15(17)18-10-4-2/h12-13H,3-11H2,1-2H3/t12-,13+/m1/s1. The molecule has 1 aliphatic rings. The molecule has 18 heavy (non-hydrogen) atoms. The maximum atomic E-state index is 11.8. The molecule has 0 aromatic carbocycles. The van der Waals surface area contributed by atoms with Gasteiger partial charge in [0.2, 0.25) is 0 Å². The van der Waals surface area contributed by atoms with Gasteiger partial charge < -0.3 is 4.74 Å². The lowest BCUT2D eigenvalue weighted by atomic mass is 9.88. The molecule has 2 atom stereocenters. The molecule has 0 bridgehead atoms. The summed E-state index contributed by atoms with van der Waals surface area (Å²) in [5, 5.41) is 0. The third kappa shape index (κ3) is 4.79. The van der Waals surface area contributed by atoms with Crippen LogP contribution in [0.3, 0.4) is 0 Å². The molecule has 104 valence electrons. The van der Waals surface area contributed by atoms with Crippen LogP contribution in [0.5, 0.6) is 0 Å². The van der Waals surface area contributed by atoms with Crippen LogP contribution in [-0.2, 0) is 14.3 Å². The Balaban J connectivity index is 2.37. The Morgan fingerprint density at radius 2 is 2.06 bits per heavy atom. The molecule has 1 rings (SSSR count). The van der Waals surface area contributed by atoms with Crippen LogP contribution in [0.25, 0.3) is 0 Å². The van der Waals surface area contributed by atoms with Crippen LogP contribution in [0.2, 0.25) is 0 Å². The lowest BCUT2D eigenvalue weighted by Gasteiger charge is -2.17. The van der Waals surface area contributed by atoms with E-state index in [1.165, 1.54) is 12.8 Å². The first-order chi connectivity index (χ1) is 8.69. The fourth-order valence-electron chi connectivity index (χ4n) is 2.72. The van der Waals surface area contributed by atoms with Crippen LogP contribution in [-0.4, -0.2) is 18.4 Å². The van der Waals surface area contributed by atoms with Gasteiger partial charge in [0.05, 0.1) is 6.61 Å². The van der Waals surface area contributed by atoms with Crippen molar-refractivity contribution >= 4 is 11.8 Å². The predicted molar refractivity (Wildman–Crippen MR) is 71.2 cm³/mol. The van der Waals surface area contributed by atoms with Crippen molar-refractivity contribution < 1.29 is 14.3 Å². The minimum Gasteiger partial charge on any atom is -0.466 e. The zero-order valence-corrected chi connectivity index (χ0v) is 11.7. The van der Waals surface area contributed by atoms with Crippen LogP contribution in [0.1, 0.15) is 65.2 Å². The van der Waals surface area contributed by atoms with Gasteiger partial charge in [0.15, 0.2) is 0 Å². The molecular formula is C15H26O3. The topological polar surface area (TPSA) is 43.4 Å². The summed E-state index contributed by atoms with van der Waals surface area (Å²) in [5.41, 5.74) is 0. The van der Waals surface area contributed by atoms with Crippen LogP contribution < -0.4 is 0 Å². The number of hydrogen-bond acceptors (Lipinski definition) is 3. The van der Waals surface area contributed by atoms with Gasteiger partial charge in [0, 0.05) is 18.8 Å². The maximum absolute atomic E-state index is 11.8. The number of carbonyl (C=O) groups excluding carboxylic acids is 2. The van der Waals surface area contributed by atoms with Gasteiger partial charge >= 0.3 is 5.97 Å². The van der Waals surface area contributed by atoms with Crippen molar-refractivity contribution in [2.45, 2.75) is 65.2 Å². The highest BCUT2D eigenvalue weighted by atomic mass is 16.5. The molecule has 0 unspecified atom stereocenters. The molecule has 0 aromatic rings. The normalized spacial score (nSPS) is 23.3. The Morgan fingerprint density at radius 3 is 2.72 bits per heavy atom. The third-order valence-electron chi connectivity index (χ3n) is 3.76. The molecule has 0 spiro atoms. The van der Waals surface area contributed by atoms with Crippen molar-refractivity contribution in [2.75, 3.05) is 6.61 Å². The largest absolute Gasteiger partial charge is 0.466 e. The first kappa shape index (κ1) is 15.2. The van der Waals surface area contributed by atoms with E-state index in [2.05, 4.69) is 6.92 Å². The van der Waals surface area contributed by atoms with Crippen molar-refractivity contribution in [1.82, 2.24) is 0 Å². The zero-order valence-electron chi connectivity index (χ0n) is 11.7. The van der Waals surface area contributed by atoms with E-state index in [4.69, 9.17) is 4.74 Å². The maximum Gasteiger partial charge on any atom is 0.306 e. The Bertz CT molecular complexity index is 273. The number of rotatable bonds is 8. The fraction of sp³-hybridized carbons (Fsp3) is 0.867. The molecule has 1 fully saturated rings. The van der Waals surface area contributed by atoms with E-state index in [-0.39, 0.29) is 17.8 Å². The van der Waals surface area contributed by atoms with Crippen LogP contribution >= 0.6 is 0 Å². The summed E-state index contributed by atoms with van der Waals surface area (Å²) in [4.78, 5) is 23.4. The highest BCUT2D eigenvalue weighted by Gasteiger charge is 2.35. The fourth-order valence-corrected chi connectivity index (χ4v) is 2.72. The highest BCUT2D eigenvalue weighted by Crippen LogP contribution is 2.35. The van der Waals surface area contributed by atoms with Gasteiger partial charge in [-0.3, -0.25) is 9.59 Å². The summed E-state index contributed by atoms with van der Waals surface area (Å²) in [6.07, 6.45) is 7.23. The van der Waals surface area contributed by atoms with Crippen molar-refractivity contribution in [1.29, 1.82) is 0 Å². The van der Waals surface area contributed by atoms with E-state index in [9.17, 15) is 9.59 Å². The van der Waals surface area contributed by atoms with E-state index in [0.29, 0.717) is 25.2 Å². The quantitative estimate of drug-likeness (QED) is 0.492. The molecule has 0 aromatic heterocycles. The first-order valence-electron chi connectivity index (χ1n) is 7.37. The van der Waals surface area contributed by atoms with E-state index >= 15 is 0 Å². The molecule has 1 aliphatic carbocycles. The molecule has 0 heterocycles. The minimum atomic E-state index is -0.128. The highest BCUT2D eigenvalue weighted by molar-refractivity contribution is 5.84. The van der Waals surface area contributed by atoms with Gasteiger partial charge in [-0.25, -0.2) is 0 Å². The second-order valence-electron chi connectivity index (χ2n) is 5.29. The van der Waals surface area contributed by atoms with E-state index in [1.807, 2.05) is 6.92 Å². The molecule has 1 saturated carbocycles. The Morgan fingerprint density at radius 1 is 1.28 bits per heavy atom. The van der Waals surface area contributed by atoms with Gasteiger partial charge in [0.1, 0.15) is 5.78 Å². The van der Waals surface area contributed by atoms with Gasteiger partial charge in [-0.1, -0.05) is 33.1 Å². The Labute approximate surface area is 110 Å². The van der Waals surface area contributed by atoms with Crippen LogP contribution in [0, 0.1) is 11.8 Å². The molecule has 3 heteroatoms. The van der Waals surface area contributed by atoms with E-state index in [1.54, 1.807) is 0 Å².